The van der Waals surface area contributed by atoms with Gasteiger partial charge in [0.2, 0.25) is 0 Å². The van der Waals surface area contributed by atoms with Crippen molar-refractivity contribution in [2.45, 2.75) is 31.1 Å². The zero-order valence-corrected chi connectivity index (χ0v) is 19.1. The molecule has 0 N–H and O–H groups in total. The molecule has 0 radical (unpaired) electrons. The first kappa shape index (κ1) is 21.5. The molecule has 5 rings (SSSR count). The first-order chi connectivity index (χ1) is 15.7. The third-order valence-corrected chi connectivity index (χ3v) is 7.39. The van der Waals surface area contributed by atoms with Gasteiger partial charge in [-0.05, 0) is 73.5 Å². The lowest BCUT2D eigenvalue weighted by atomic mass is 9.69. The van der Waals surface area contributed by atoms with Gasteiger partial charge in [0.15, 0.2) is 0 Å². The van der Waals surface area contributed by atoms with Crippen molar-refractivity contribution in [1.82, 2.24) is 9.80 Å². The Balaban J connectivity index is 1.46. The third-order valence-electron chi connectivity index (χ3n) is 7.39. The maximum absolute atomic E-state index is 12.9. The molecule has 5 nitrogen and oxygen atoms in total. The number of likely N-dealkylation sites (tertiary alicyclic amines) is 1. The number of carbonyl (C=O) groups is 1. The van der Waals surface area contributed by atoms with Crippen molar-refractivity contribution in [2.75, 3.05) is 53.0 Å². The van der Waals surface area contributed by atoms with Crippen LogP contribution >= 0.6 is 0 Å². The minimum absolute atomic E-state index is 0.0811. The smallest absolute Gasteiger partial charge is 0.254 e. The molecule has 1 saturated carbocycles. The van der Waals surface area contributed by atoms with E-state index >= 15 is 0 Å². The van der Waals surface area contributed by atoms with Crippen LogP contribution in [-0.2, 0) is 10.2 Å². The zero-order chi connectivity index (χ0) is 22.0. The minimum atomic E-state index is -0.0811. The van der Waals surface area contributed by atoms with Gasteiger partial charge in [0.1, 0.15) is 5.75 Å². The van der Waals surface area contributed by atoms with E-state index in [9.17, 15) is 4.79 Å². The molecule has 0 aromatic heterocycles. The van der Waals surface area contributed by atoms with E-state index in [0.717, 1.165) is 30.2 Å². The van der Waals surface area contributed by atoms with Gasteiger partial charge in [-0.1, -0.05) is 24.3 Å². The lowest BCUT2D eigenvalue weighted by Gasteiger charge is -2.44. The third kappa shape index (κ3) is 4.41. The normalized spacial score (nSPS) is 24.3. The van der Waals surface area contributed by atoms with Gasteiger partial charge < -0.3 is 19.3 Å². The molecule has 1 aliphatic carbocycles. The molecule has 1 unspecified atom stereocenters. The lowest BCUT2D eigenvalue weighted by Crippen LogP contribution is -2.47. The van der Waals surface area contributed by atoms with E-state index in [1.165, 1.54) is 43.5 Å². The molecule has 0 bridgehead atoms. The van der Waals surface area contributed by atoms with E-state index in [2.05, 4.69) is 35.2 Å². The van der Waals surface area contributed by atoms with Crippen LogP contribution in [0.5, 0.6) is 5.75 Å². The Labute approximate surface area is 191 Å². The molecule has 2 aromatic rings. The predicted molar refractivity (Wildman–Crippen MR) is 125 cm³/mol. The van der Waals surface area contributed by atoms with Crippen LogP contribution in [0.25, 0.3) is 0 Å². The molecular formula is C27H34N2O3. The Morgan fingerprint density at radius 1 is 1.06 bits per heavy atom. The maximum Gasteiger partial charge on any atom is 0.254 e. The molecule has 2 heterocycles. The van der Waals surface area contributed by atoms with Gasteiger partial charge in [-0.15, -0.1) is 0 Å². The van der Waals surface area contributed by atoms with Crippen molar-refractivity contribution in [3.63, 3.8) is 0 Å². The summed E-state index contributed by atoms with van der Waals surface area (Å²) in [5.74, 6) is 1.89. The van der Waals surface area contributed by atoms with E-state index in [1.807, 2.05) is 23.1 Å². The highest BCUT2D eigenvalue weighted by Crippen LogP contribution is 2.42. The molecule has 3 aliphatic rings. The summed E-state index contributed by atoms with van der Waals surface area (Å²) in [6.45, 7) is 6.00. The molecule has 2 aromatic carbocycles. The molecule has 2 aliphatic heterocycles. The van der Waals surface area contributed by atoms with Crippen LogP contribution in [0.4, 0.5) is 0 Å². The van der Waals surface area contributed by atoms with Gasteiger partial charge in [0.05, 0.1) is 20.3 Å². The number of rotatable bonds is 6. The molecule has 5 heteroatoms. The summed E-state index contributed by atoms with van der Waals surface area (Å²) in [6.07, 6.45) is 5.04. The second-order valence-corrected chi connectivity index (χ2v) is 9.58. The van der Waals surface area contributed by atoms with Crippen LogP contribution < -0.4 is 4.74 Å². The highest BCUT2D eigenvalue weighted by atomic mass is 16.5. The van der Waals surface area contributed by atoms with Crippen molar-refractivity contribution < 1.29 is 14.3 Å². The lowest BCUT2D eigenvalue weighted by molar-refractivity contribution is 0.0303. The second kappa shape index (κ2) is 9.24. The molecule has 32 heavy (non-hydrogen) atoms. The molecule has 170 valence electrons. The Kier molecular flexibility index (Phi) is 6.20. The van der Waals surface area contributed by atoms with Gasteiger partial charge in [0, 0.05) is 37.2 Å². The topological polar surface area (TPSA) is 42.0 Å². The van der Waals surface area contributed by atoms with E-state index in [0.29, 0.717) is 26.3 Å². The average molecular weight is 435 g/mol. The van der Waals surface area contributed by atoms with E-state index < -0.39 is 0 Å². The van der Waals surface area contributed by atoms with Crippen LogP contribution in [0, 0.1) is 5.92 Å². The minimum Gasteiger partial charge on any atom is -0.497 e. The predicted octanol–water partition coefficient (Wildman–Crippen LogP) is 3.96. The van der Waals surface area contributed by atoms with Crippen molar-refractivity contribution in [1.29, 1.82) is 0 Å². The number of hydrogen-bond acceptors (Lipinski definition) is 4. The summed E-state index contributed by atoms with van der Waals surface area (Å²) in [5, 5.41) is 0. The van der Waals surface area contributed by atoms with Crippen LogP contribution in [0.2, 0.25) is 0 Å². The number of benzene rings is 2. The molecule has 0 spiro atoms. The molecule has 1 atom stereocenters. The molecular weight excluding hydrogens is 400 g/mol. The van der Waals surface area contributed by atoms with E-state index in [4.69, 9.17) is 9.47 Å². The van der Waals surface area contributed by atoms with Gasteiger partial charge >= 0.3 is 0 Å². The number of morpholine rings is 1. The van der Waals surface area contributed by atoms with Crippen LogP contribution in [0.3, 0.4) is 0 Å². The van der Waals surface area contributed by atoms with Gasteiger partial charge in [-0.2, -0.15) is 0 Å². The number of amides is 1. The summed E-state index contributed by atoms with van der Waals surface area (Å²) in [7, 11) is 1.73. The largest absolute Gasteiger partial charge is 0.497 e. The highest BCUT2D eigenvalue weighted by molar-refractivity contribution is 5.94. The summed E-state index contributed by atoms with van der Waals surface area (Å²) in [6, 6.07) is 17.0. The zero-order valence-electron chi connectivity index (χ0n) is 19.1. The Bertz CT molecular complexity index is 934. The van der Waals surface area contributed by atoms with Crippen molar-refractivity contribution in [2.24, 2.45) is 5.92 Å². The number of piperidine rings is 1. The van der Waals surface area contributed by atoms with Crippen LogP contribution in [0.15, 0.2) is 48.5 Å². The van der Waals surface area contributed by atoms with Crippen LogP contribution in [-0.4, -0.2) is 68.8 Å². The van der Waals surface area contributed by atoms with Gasteiger partial charge in [-0.3, -0.25) is 4.79 Å². The maximum atomic E-state index is 12.9. The van der Waals surface area contributed by atoms with E-state index in [-0.39, 0.29) is 11.3 Å². The fourth-order valence-corrected chi connectivity index (χ4v) is 5.41. The van der Waals surface area contributed by atoms with Crippen molar-refractivity contribution >= 4 is 5.91 Å². The quantitative estimate of drug-likeness (QED) is 0.690. The number of ether oxygens (including phenoxy) is 2. The van der Waals surface area contributed by atoms with Crippen LogP contribution in [0.1, 0.15) is 47.2 Å². The fraction of sp³-hybridized carbons (Fsp3) is 0.519. The number of nitrogens with zero attached hydrogens (tertiary/aromatic N) is 2. The first-order valence-corrected chi connectivity index (χ1v) is 12.0. The summed E-state index contributed by atoms with van der Waals surface area (Å²) < 4.78 is 11.0. The van der Waals surface area contributed by atoms with Gasteiger partial charge in [0.25, 0.3) is 5.91 Å². The van der Waals surface area contributed by atoms with E-state index in [1.54, 1.807) is 7.11 Å². The SMILES string of the molecule is COc1cccc(C2(c3ccc(C(=O)N4CCOCC4)cc3)CCCN(CC3CC3)C2)c1. The number of hydrogen-bond donors (Lipinski definition) is 0. The summed E-state index contributed by atoms with van der Waals surface area (Å²) in [5.41, 5.74) is 3.29. The Morgan fingerprint density at radius 2 is 1.84 bits per heavy atom. The molecule has 2 saturated heterocycles. The van der Waals surface area contributed by atoms with Gasteiger partial charge in [-0.25, -0.2) is 0 Å². The second-order valence-electron chi connectivity index (χ2n) is 9.58. The monoisotopic (exact) mass is 434 g/mol. The number of methoxy groups -OCH3 is 1. The average Bonchev–Trinajstić information content (AvgIpc) is 3.68. The number of carbonyl (C=O) groups excluding carboxylic acids is 1. The standard InChI is InChI=1S/C27H34N2O3/c1-31-25-5-2-4-24(18-25)27(12-3-13-28(20-27)19-21-6-7-21)23-10-8-22(9-11-23)26(30)29-14-16-32-17-15-29/h2,4-5,8-11,18,21H,3,6-7,12-17,19-20H2,1H3. The Morgan fingerprint density at radius 3 is 2.56 bits per heavy atom. The first-order valence-electron chi connectivity index (χ1n) is 12.0. The van der Waals surface area contributed by atoms with Crippen molar-refractivity contribution in [3.8, 4) is 5.75 Å². The van der Waals surface area contributed by atoms with Crippen molar-refractivity contribution in [3.05, 3.63) is 65.2 Å². The molecule has 1 amide bonds. The summed E-state index contributed by atoms with van der Waals surface area (Å²) >= 11 is 0. The Hall–Kier alpha value is -2.37. The fourth-order valence-electron chi connectivity index (χ4n) is 5.41. The summed E-state index contributed by atoms with van der Waals surface area (Å²) in [4.78, 5) is 17.5. The highest BCUT2D eigenvalue weighted by Gasteiger charge is 2.40. The molecule has 3 fully saturated rings.